The van der Waals surface area contributed by atoms with Gasteiger partial charge in [0.15, 0.2) is 0 Å². The highest BCUT2D eigenvalue weighted by Gasteiger charge is 2.33. The van der Waals surface area contributed by atoms with E-state index in [0.29, 0.717) is 0 Å². The molecule has 0 radical (unpaired) electrons. The van der Waals surface area contributed by atoms with Crippen molar-refractivity contribution in [2.75, 3.05) is 0 Å². The van der Waals surface area contributed by atoms with E-state index in [2.05, 4.69) is 12.2 Å². The van der Waals surface area contributed by atoms with Crippen LogP contribution in [0.4, 0.5) is 0 Å². The van der Waals surface area contributed by atoms with E-state index >= 15 is 0 Å². The number of hydrogen-bond donors (Lipinski definition) is 0. The van der Waals surface area contributed by atoms with Crippen molar-refractivity contribution in [3.05, 3.63) is 23.3 Å². The summed E-state index contributed by atoms with van der Waals surface area (Å²) in [7, 11) is 0. The van der Waals surface area contributed by atoms with E-state index in [9.17, 15) is 0 Å². The van der Waals surface area contributed by atoms with Crippen LogP contribution in [0, 0.1) is 47.3 Å². The Hall–Kier alpha value is -0.520. The van der Waals surface area contributed by atoms with Gasteiger partial charge in [0.05, 0.1) is 0 Å². The Balaban J connectivity index is 1.02. The average molecular weight is 547 g/mol. The second kappa shape index (κ2) is 15.3. The van der Waals surface area contributed by atoms with Crippen LogP contribution in [0.15, 0.2) is 23.3 Å². The van der Waals surface area contributed by atoms with E-state index in [4.69, 9.17) is 0 Å². The Bertz CT molecular complexity index is 668. The van der Waals surface area contributed by atoms with Crippen molar-refractivity contribution in [1.29, 1.82) is 0 Å². The fraction of sp³-hybridized carbons (Fsp3) is 0.900. The van der Waals surface area contributed by atoms with Gasteiger partial charge in [-0.1, -0.05) is 100 Å². The Kier molecular flexibility index (Phi) is 11.3. The fourth-order valence-corrected chi connectivity index (χ4v) is 11.1. The maximum Gasteiger partial charge on any atom is -0.0200 e. The Morgan fingerprint density at radius 3 is 0.775 bits per heavy atom. The Labute approximate surface area is 250 Å². The molecule has 0 heterocycles. The minimum atomic E-state index is 0.919. The van der Waals surface area contributed by atoms with Crippen molar-refractivity contribution in [3.63, 3.8) is 0 Å². The Morgan fingerprint density at radius 1 is 0.275 bits per heavy atom. The van der Waals surface area contributed by atoms with Crippen molar-refractivity contribution < 1.29 is 0 Å². The predicted octanol–water partition coefficient (Wildman–Crippen LogP) is 12.8. The normalized spacial score (nSPS) is 34.3. The molecule has 40 heavy (non-hydrogen) atoms. The zero-order chi connectivity index (χ0) is 27.0. The first-order valence-electron chi connectivity index (χ1n) is 19.3. The minimum absolute atomic E-state index is 0.919. The largest absolute Gasteiger partial charge is 0.0817 e. The molecule has 0 heteroatoms. The molecular weight excluding hydrogens is 480 g/mol. The lowest BCUT2D eigenvalue weighted by Crippen LogP contribution is -2.26. The van der Waals surface area contributed by atoms with Gasteiger partial charge in [0.2, 0.25) is 0 Å². The minimum Gasteiger partial charge on any atom is -0.0817 e. The van der Waals surface area contributed by atoms with Crippen LogP contribution < -0.4 is 0 Å². The lowest BCUT2D eigenvalue weighted by atomic mass is 9.67. The quantitative estimate of drug-likeness (QED) is 0.278. The fourth-order valence-electron chi connectivity index (χ4n) is 11.1. The van der Waals surface area contributed by atoms with E-state index in [1.807, 2.05) is 11.1 Å². The second-order valence-corrected chi connectivity index (χ2v) is 16.0. The molecule has 6 rings (SSSR count). The van der Waals surface area contributed by atoms with Gasteiger partial charge in [0, 0.05) is 0 Å². The summed E-state index contributed by atoms with van der Waals surface area (Å²) in [4.78, 5) is 0. The highest BCUT2D eigenvalue weighted by Crippen LogP contribution is 2.46. The van der Waals surface area contributed by atoms with E-state index in [1.54, 1.807) is 25.7 Å². The summed E-state index contributed by atoms with van der Waals surface area (Å²) in [5, 5.41) is 0. The van der Waals surface area contributed by atoms with Crippen molar-refractivity contribution in [3.8, 4) is 0 Å². The summed E-state index contributed by atoms with van der Waals surface area (Å²) in [5.74, 6) is 7.80. The summed E-state index contributed by atoms with van der Waals surface area (Å²) >= 11 is 0. The van der Waals surface area contributed by atoms with Gasteiger partial charge in [-0.3, -0.25) is 0 Å². The third-order valence-electron chi connectivity index (χ3n) is 13.5. The van der Waals surface area contributed by atoms with Crippen molar-refractivity contribution >= 4 is 0 Å². The van der Waals surface area contributed by atoms with Gasteiger partial charge >= 0.3 is 0 Å². The molecule has 6 aliphatic carbocycles. The maximum atomic E-state index is 2.93. The molecule has 0 nitrogen and oxygen atoms in total. The van der Waals surface area contributed by atoms with Crippen molar-refractivity contribution in [1.82, 2.24) is 0 Å². The topological polar surface area (TPSA) is 0 Å². The van der Waals surface area contributed by atoms with Crippen LogP contribution in [0.3, 0.4) is 0 Å². The summed E-state index contributed by atoms with van der Waals surface area (Å²) < 4.78 is 0. The molecule has 0 saturated heterocycles. The van der Waals surface area contributed by atoms with Crippen LogP contribution in [0.1, 0.15) is 180 Å². The molecule has 0 atom stereocenters. The van der Waals surface area contributed by atoms with E-state index in [0.717, 1.165) is 47.3 Å². The van der Waals surface area contributed by atoms with Gasteiger partial charge in [0.1, 0.15) is 0 Å². The van der Waals surface area contributed by atoms with Gasteiger partial charge in [-0.15, -0.1) is 0 Å². The van der Waals surface area contributed by atoms with Gasteiger partial charge in [-0.05, 0) is 150 Å². The molecule has 226 valence electrons. The molecular formula is C40H66. The first-order chi connectivity index (χ1) is 19.8. The number of allylic oxidation sites excluding steroid dienone is 4. The molecule has 0 unspecified atom stereocenters. The second-order valence-electron chi connectivity index (χ2n) is 16.0. The van der Waals surface area contributed by atoms with Crippen molar-refractivity contribution in [2.24, 2.45) is 47.3 Å². The molecule has 0 aromatic carbocycles. The lowest BCUT2D eigenvalue weighted by molar-refractivity contribution is 0.165. The third-order valence-corrected chi connectivity index (χ3v) is 13.5. The lowest BCUT2D eigenvalue weighted by Gasteiger charge is -2.39. The van der Waals surface area contributed by atoms with E-state index < -0.39 is 0 Å². The molecule has 6 aliphatic rings. The predicted molar refractivity (Wildman–Crippen MR) is 173 cm³/mol. The first kappa shape index (κ1) is 29.5. The number of rotatable bonds is 7. The summed E-state index contributed by atoms with van der Waals surface area (Å²) in [6, 6.07) is 0. The smallest absolute Gasteiger partial charge is 0.0200 e. The van der Waals surface area contributed by atoms with Crippen LogP contribution >= 0.6 is 0 Å². The highest BCUT2D eigenvalue weighted by atomic mass is 14.4. The first-order valence-corrected chi connectivity index (χ1v) is 19.3. The van der Waals surface area contributed by atoms with E-state index in [-0.39, 0.29) is 0 Å². The summed E-state index contributed by atoms with van der Waals surface area (Å²) in [6.45, 7) is 0. The molecule has 0 bridgehead atoms. The number of hydrogen-bond acceptors (Lipinski definition) is 0. The third kappa shape index (κ3) is 7.90. The van der Waals surface area contributed by atoms with Gasteiger partial charge < -0.3 is 0 Å². The van der Waals surface area contributed by atoms with Gasteiger partial charge in [0.25, 0.3) is 0 Å². The Morgan fingerprint density at radius 2 is 0.525 bits per heavy atom. The summed E-state index contributed by atoms with van der Waals surface area (Å²) in [5.41, 5.74) is 3.98. The van der Waals surface area contributed by atoms with Crippen LogP contribution in [-0.4, -0.2) is 0 Å². The van der Waals surface area contributed by atoms with Crippen molar-refractivity contribution in [2.45, 2.75) is 180 Å². The maximum absolute atomic E-state index is 2.93. The van der Waals surface area contributed by atoms with E-state index in [1.165, 1.54) is 154 Å². The molecule has 0 aromatic heterocycles. The monoisotopic (exact) mass is 547 g/mol. The molecule has 0 aromatic rings. The summed E-state index contributed by atoms with van der Waals surface area (Å²) in [6.07, 6.45) is 48.2. The zero-order valence-corrected chi connectivity index (χ0v) is 26.6. The average Bonchev–Trinajstić information content (AvgIpc) is 3.05. The van der Waals surface area contributed by atoms with Gasteiger partial charge in [-0.25, -0.2) is 0 Å². The molecule has 0 amide bonds. The van der Waals surface area contributed by atoms with Crippen LogP contribution in [-0.2, 0) is 0 Å². The molecule has 6 saturated carbocycles. The van der Waals surface area contributed by atoms with Gasteiger partial charge in [-0.2, -0.15) is 0 Å². The molecule has 0 aliphatic heterocycles. The SMILES string of the molecule is C(=C(C1CCCCC1)C1CCCCC1)C1CCC(C2CCC(C=C(C3CCCCC3)C3CCCCC3)CC2)CC1. The molecule has 0 spiro atoms. The molecule has 0 N–H and O–H groups in total. The standard InChI is InChI=1S/C40H66/c1-5-13-35(14-6-1)39(36-15-7-2-8-16-36)29-31-21-25-33(26-22-31)34-27-23-32(24-28-34)30-40(37-17-9-3-10-18-37)38-19-11-4-12-20-38/h29-38H,1-28H2. The van der Waals surface area contributed by atoms with Crippen LogP contribution in [0.5, 0.6) is 0 Å². The highest BCUT2D eigenvalue weighted by molar-refractivity contribution is 5.16. The van der Waals surface area contributed by atoms with Crippen LogP contribution in [0.2, 0.25) is 0 Å². The zero-order valence-electron chi connectivity index (χ0n) is 26.6. The van der Waals surface area contributed by atoms with Crippen LogP contribution in [0.25, 0.3) is 0 Å². The molecule has 6 fully saturated rings.